The van der Waals surface area contributed by atoms with Crippen LogP contribution >= 0.6 is 8.03 Å². The maximum Gasteiger partial charge on any atom is 0.546 e. The molecule has 0 amide bonds. The molecule has 0 heterocycles. The van der Waals surface area contributed by atoms with Gasteiger partial charge in [-0.3, -0.25) is 0 Å². The Morgan fingerprint density at radius 1 is 1.42 bits per heavy atom. The van der Waals surface area contributed by atoms with E-state index in [0.717, 1.165) is 0 Å². The second-order valence-electron chi connectivity index (χ2n) is 2.32. The van der Waals surface area contributed by atoms with Crippen molar-refractivity contribution in [2.45, 2.75) is 12.2 Å². The van der Waals surface area contributed by atoms with Crippen LogP contribution in [0.5, 0.6) is 0 Å². The van der Waals surface area contributed by atoms with E-state index in [2.05, 4.69) is 6.92 Å². The molecule has 0 bridgehead atoms. The highest BCUT2D eigenvalue weighted by Gasteiger charge is 2.12. The van der Waals surface area contributed by atoms with E-state index in [1.165, 1.54) is 21.6 Å². The van der Waals surface area contributed by atoms with Gasteiger partial charge in [0, 0.05) is 0 Å². The average molecular weight is 199 g/mol. The molecule has 0 aromatic heterocycles. The quantitative estimate of drug-likeness (QED) is 0.543. The van der Waals surface area contributed by atoms with Crippen molar-refractivity contribution in [1.82, 2.24) is 0 Å². The zero-order valence-corrected chi connectivity index (χ0v) is 10.3. The van der Waals surface area contributed by atoms with Gasteiger partial charge in [0.25, 0.3) is 0 Å². The van der Waals surface area contributed by atoms with E-state index >= 15 is 0 Å². The molecule has 64 valence electrons. The van der Waals surface area contributed by atoms with Crippen molar-refractivity contribution in [2.24, 2.45) is 0 Å². The highest BCUT2D eigenvalue weighted by atomic mass is 31.1. The van der Waals surface area contributed by atoms with Crippen molar-refractivity contribution in [3.63, 3.8) is 0 Å². The van der Waals surface area contributed by atoms with Crippen molar-refractivity contribution in [1.29, 1.82) is 0 Å². The second-order valence-corrected chi connectivity index (χ2v) is 4.79. The molecule has 0 spiro atoms. The van der Waals surface area contributed by atoms with E-state index in [1.807, 2.05) is 6.07 Å². The first-order chi connectivity index (χ1) is 5.72. The van der Waals surface area contributed by atoms with Gasteiger partial charge in [0.15, 0.2) is 0 Å². The lowest BCUT2D eigenvalue weighted by atomic mass is 10.4. The van der Waals surface area contributed by atoms with Crippen LogP contribution in [0.2, 0.25) is 5.28 Å². The van der Waals surface area contributed by atoms with Gasteiger partial charge in [-0.1, -0.05) is 25.1 Å². The Kier molecular flexibility index (Phi) is 7.34. The molecule has 4 heteroatoms. The van der Waals surface area contributed by atoms with Crippen molar-refractivity contribution >= 4 is 29.6 Å². The SMILES string of the molecule is C[CH2][AlH2].O=[P+](O)c1ccccc1. The Bertz CT molecular complexity index is 226. The minimum atomic E-state index is -2.15. The molecule has 1 N–H and O–H groups in total. The normalized spacial score (nSPS) is 9.67. The van der Waals surface area contributed by atoms with E-state index in [4.69, 9.17) is 4.89 Å². The van der Waals surface area contributed by atoms with Crippen molar-refractivity contribution in [2.75, 3.05) is 0 Å². The van der Waals surface area contributed by atoms with Crippen LogP contribution in [0.1, 0.15) is 6.92 Å². The predicted octanol–water partition coefficient (Wildman–Crippen LogP) is 1.10. The largest absolute Gasteiger partial charge is 0.546 e. The van der Waals surface area contributed by atoms with E-state index in [-0.39, 0.29) is 0 Å². The van der Waals surface area contributed by atoms with Crippen molar-refractivity contribution in [3.05, 3.63) is 30.3 Å². The number of hydrogen-bond donors (Lipinski definition) is 1. The Labute approximate surface area is 81.9 Å². The van der Waals surface area contributed by atoms with Crippen LogP contribution < -0.4 is 5.30 Å². The van der Waals surface area contributed by atoms with Crippen LogP contribution in [0.15, 0.2) is 30.3 Å². The highest BCUT2D eigenvalue weighted by molar-refractivity contribution is 7.47. The zero-order valence-electron chi connectivity index (χ0n) is 7.40. The highest BCUT2D eigenvalue weighted by Crippen LogP contribution is 2.10. The summed E-state index contributed by atoms with van der Waals surface area (Å²) in [5, 5.41) is 1.87. The minimum Gasteiger partial charge on any atom is -0.156 e. The van der Waals surface area contributed by atoms with Crippen LogP contribution in [0, 0.1) is 0 Å². The predicted molar refractivity (Wildman–Crippen MR) is 54.9 cm³/mol. The van der Waals surface area contributed by atoms with Gasteiger partial charge in [-0.15, -0.1) is 5.28 Å². The summed E-state index contributed by atoms with van der Waals surface area (Å²) in [6.45, 7) is 2.19. The first-order valence-corrected chi connectivity index (χ1v) is 6.56. The number of benzene rings is 1. The maximum absolute atomic E-state index is 10.3. The van der Waals surface area contributed by atoms with E-state index < -0.39 is 8.03 Å². The standard InChI is InChI=1S/C6H5O2P.C2H5.Al.2H/c7-9(8)6-4-2-1-3-5-6;1-2;;;/h1-5H;1H2,2H3;;;/p+1. The van der Waals surface area contributed by atoms with Gasteiger partial charge >= 0.3 is 8.03 Å². The molecule has 0 fully saturated rings. The molecule has 0 saturated heterocycles. The van der Waals surface area contributed by atoms with Gasteiger partial charge < -0.3 is 0 Å². The molecule has 1 rings (SSSR count). The minimum absolute atomic E-state index is 0.479. The first kappa shape index (κ1) is 11.8. The topological polar surface area (TPSA) is 37.3 Å². The summed E-state index contributed by atoms with van der Waals surface area (Å²) in [6.07, 6.45) is 0. The van der Waals surface area contributed by atoms with E-state index in [1.54, 1.807) is 24.3 Å². The van der Waals surface area contributed by atoms with Crippen LogP contribution in [0.3, 0.4) is 0 Å². The summed E-state index contributed by atoms with van der Waals surface area (Å²) in [7, 11) is -2.15. The third-order valence-corrected chi connectivity index (χ3v) is 1.72. The van der Waals surface area contributed by atoms with Gasteiger partial charge in [-0.25, -0.2) is 0 Å². The van der Waals surface area contributed by atoms with Gasteiger partial charge in [-0.05, 0) is 16.7 Å². The van der Waals surface area contributed by atoms with Crippen LogP contribution in [-0.2, 0) is 4.57 Å². The molecule has 1 aromatic carbocycles. The summed E-state index contributed by atoms with van der Waals surface area (Å²) in [4.78, 5) is 8.53. The molecule has 12 heavy (non-hydrogen) atoms. The fourth-order valence-corrected chi connectivity index (χ4v) is 0.983. The smallest absolute Gasteiger partial charge is 0.156 e. The summed E-state index contributed by atoms with van der Waals surface area (Å²) in [5.41, 5.74) is 0. The zero-order chi connectivity index (χ0) is 9.40. The molecule has 0 aliphatic carbocycles. The molecule has 1 atom stereocenters. The third kappa shape index (κ3) is 5.46. The summed E-state index contributed by atoms with van der Waals surface area (Å²) in [6, 6.07) is 8.53. The van der Waals surface area contributed by atoms with Gasteiger partial charge in [-0.2, -0.15) is 4.89 Å². The fourth-order valence-electron chi connectivity index (χ4n) is 0.556. The Morgan fingerprint density at radius 2 is 1.83 bits per heavy atom. The van der Waals surface area contributed by atoms with Gasteiger partial charge in [0.05, 0.1) is 0 Å². The number of hydrogen-bond acceptors (Lipinski definition) is 1. The average Bonchev–Trinajstić information content (AvgIpc) is 2.07. The van der Waals surface area contributed by atoms with Crippen LogP contribution in [0.25, 0.3) is 0 Å². The maximum atomic E-state index is 10.3. The third-order valence-electron chi connectivity index (χ3n) is 0.977. The molecular weight excluding hydrogens is 186 g/mol. The molecule has 0 saturated carbocycles. The molecule has 0 radical (unpaired) electrons. The van der Waals surface area contributed by atoms with E-state index in [9.17, 15) is 4.57 Å². The second kappa shape index (κ2) is 7.46. The van der Waals surface area contributed by atoms with Crippen molar-refractivity contribution in [3.8, 4) is 0 Å². The summed E-state index contributed by atoms with van der Waals surface area (Å²) >= 11 is 1.37. The van der Waals surface area contributed by atoms with E-state index in [0.29, 0.717) is 5.30 Å². The molecular formula is C8H13AlO2P+. The molecule has 1 unspecified atom stereocenters. The summed E-state index contributed by atoms with van der Waals surface area (Å²) < 4.78 is 10.3. The van der Waals surface area contributed by atoms with Gasteiger partial charge in [0.2, 0.25) is 21.6 Å². The first-order valence-electron chi connectivity index (χ1n) is 3.93. The van der Waals surface area contributed by atoms with Gasteiger partial charge in [0.1, 0.15) is 0 Å². The summed E-state index contributed by atoms with van der Waals surface area (Å²) in [5.74, 6) is 0. The fraction of sp³-hybridized carbons (Fsp3) is 0.250. The molecule has 0 aliphatic rings. The molecule has 2 nitrogen and oxygen atoms in total. The monoisotopic (exact) mass is 199 g/mol. The number of rotatable bonds is 1. The Balaban J connectivity index is 0.000000354. The lowest BCUT2D eigenvalue weighted by Crippen LogP contribution is -1.91. The lowest BCUT2D eigenvalue weighted by molar-refractivity contribution is 0.513. The molecule has 0 aliphatic heterocycles. The van der Waals surface area contributed by atoms with Crippen LogP contribution in [-0.4, -0.2) is 21.2 Å². The Morgan fingerprint density at radius 3 is 2.08 bits per heavy atom. The molecule has 1 aromatic rings. The lowest BCUT2D eigenvalue weighted by Gasteiger charge is -1.77. The Hall–Kier alpha value is -0.188. The van der Waals surface area contributed by atoms with Crippen LogP contribution in [0.4, 0.5) is 0 Å². The van der Waals surface area contributed by atoms with Crippen molar-refractivity contribution < 1.29 is 9.46 Å².